The molecule has 22 heavy (non-hydrogen) atoms. The Balaban J connectivity index is 2.01. The second-order valence-corrected chi connectivity index (χ2v) is 6.97. The van der Waals surface area contributed by atoms with Crippen LogP contribution >= 0.6 is 34.8 Å². The van der Waals surface area contributed by atoms with Crippen LogP contribution < -0.4 is 0 Å². The first-order valence-corrected chi connectivity index (χ1v) is 7.38. The summed E-state index contributed by atoms with van der Waals surface area (Å²) in [6, 6.07) is 10.2. The van der Waals surface area contributed by atoms with Gasteiger partial charge in [0.15, 0.2) is 0 Å². The number of carboxylic acid groups (broad SMARTS) is 1. The second kappa shape index (κ2) is 5.47. The lowest BCUT2D eigenvalue weighted by atomic mass is 10.1. The number of carbonyl (C=O) groups is 1. The summed E-state index contributed by atoms with van der Waals surface area (Å²) >= 11 is 17.5. The summed E-state index contributed by atoms with van der Waals surface area (Å²) in [6.45, 7) is 0. The Kier molecular flexibility index (Phi) is 3.77. The number of hydrogen-bond donors (Lipinski definition) is 1. The number of alkyl halides is 3. The Morgan fingerprint density at radius 3 is 2.32 bits per heavy atom. The molecule has 0 saturated heterocycles. The van der Waals surface area contributed by atoms with Gasteiger partial charge in [-0.05, 0) is 12.1 Å². The van der Waals surface area contributed by atoms with E-state index in [1.807, 2.05) is 0 Å². The summed E-state index contributed by atoms with van der Waals surface area (Å²) in [5.74, 6) is -0.982. The molecule has 0 amide bonds. The number of aromatic nitrogens is 2. The van der Waals surface area contributed by atoms with Crippen molar-refractivity contribution in [2.24, 2.45) is 0 Å². The van der Waals surface area contributed by atoms with Crippen molar-refractivity contribution in [3.8, 4) is 11.3 Å². The van der Waals surface area contributed by atoms with Crippen molar-refractivity contribution in [3.63, 3.8) is 0 Å². The Labute approximate surface area is 140 Å². The number of imidazole rings is 1. The molecule has 4 nitrogen and oxygen atoms in total. The van der Waals surface area contributed by atoms with Crippen LogP contribution in [0.3, 0.4) is 0 Å². The zero-order chi connectivity index (χ0) is 15.9. The van der Waals surface area contributed by atoms with Crippen molar-refractivity contribution < 1.29 is 9.90 Å². The van der Waals surface area contributed by atoms with Gasteiger partial charge >= 0.3 is 5.97 Å². The van der Waals surface area contributed by atoms with Gasteiger partial charge in [0.2, 0.25) is 3.79 Å². The molecule has 3 rings (SSSR count). The van der Waals surface area contributed by atoms with Crippen LogP contribution in [0.5, 0.6) is 0 Å². The maximum Gasteiger partial charge on any atom is 0.337 e. The average Bonchev–Trinajstić information content (AvgIpc) is 2.89. The molecule has 0 unspecified atom stereocenters. The molecule has 0 aliphatic heterocycles. The number of carboxylic acids is 1. The van der Waals surface area contributed by atoms with Crippen LogP contribution in [0.25, 0.3) is 16.9 Å². The maximum absolute atomic E-state index is 11.0. The minimum absolute atomic E-state index is 0.197. The fourth-order valence-corrected chi connectivity index (χ4v) is 2.47. The van der Waals surface area contributed by atoms with E-state index < -0.39 is 9.76 Å². The maximum atomic E-state index is 11.0. The molecule has 2 heterocycles. The van der Waals surface area contributed by atoms with Crippen molar-refractivity contribution in [1.82, 2.24) is 9.38 Å². The number of hydrogen-bond acceptors (Lipinski definition) is 2. The third-order valence-electron chi connectivity index (χ3n) is 3.21. The predicted octanol–water partition coefficient (Wildman–Crippen LogP) is 4.53. The molecule has 112 valence electrons. The highest BCUT2D eigenvalue weighted by Gasteiger charge is 2.22. The molecule has 0 bridgehead atoms. The minimum atomic E-state index is -1.46. The van der Waals surface area contributed by atoms with Crippen LogP contribution in [0.2, 0.25) is 0 Å². The molecule has 0 fully saturated rings. The van der Waals surface area contributed by atoms with E-state index in [1.165, 1.54) is 12.3 Å². The van der Waals surface area contributed by atoms with Crippen LogP contribution in [0.4, 0.5) is 0 Å². The first-order valence-electron chi connectivity index (χ1n) is 6.24. The Bertz CT molecular complexity index is 851. The van der Waals surface area contributed by atoms with Crippen LogP contribution in [-0.4, -0.2) is 20.5 Å². The van der Waals surface area contributed by atoms with E-state index in [1.54, 1.807) is 40.9 Å². The zero-order valence-electron chi connectivity index (χ0n) is 11.0. The molecule has 1 aromatic carbocycles. The van der Waals surface area contributed by atoms with E-state index in [0.29, 0.717) is 16.9 Å². The summed E-state index contributed by atoms with van der Waals surface area (Å²) in [5, 5.41) is 9.00. The Morgan fingerprint density at radius 2 is 1.73 bits per heavy atom. The molecule has 0 aliphatic carbocycles. The lowest BCUT2D eigenvalue weighted by molar-refractivity contribution is 0.0696. The van der Waals surface area contributed by atoms with E-state index >= 15 is 0 Å². The van der Waals surface area contributed by atoms with Gasteiger partial charge in [0.25, 0.3) is 0 Å². The van der Waals surface area contributed by atoms with E-state index in [-0.39, 0.29) is 5.56 Å². The van der Waals surface area contributed by atoms with Gasteiger partial charge in [0.1, 0.15) is 5.65 Å². The molecule has 0 spiro atoms. The number of pyridine rings is 1. The molecule has 7 heteroatoms. The SMILES string of the molecule is O=C(O)c1ccc2nc(-c3ccc(C(Cl)(Cl)Cl)cc3)cn2c1. The van der Waals surface area contributed by atoms with Crippen LogP contribution in [0, 0.1) is 0 Å². The van der Waals surface area contributed by atoms with Crippen LogP contribution in [-0.2, 0) is 3.79 Å². The summed E-state index contributed by atoms with van der Waals surface area (Å²) in [6.07, 6.45) is 3.27. The molecule has 0 aliphatic rings. The molecular formula is C15H9Cl3N2O2. The molecule has 3 aromatic rings. The number of nitrogens with zero attached hydrogens (tertiary/aromatic N) is 2. The molecule has 0 atom stereocenters. The monoisotopic (exact) mass is 354 g/mol. The summed E-state index contributed by atoms with van der Waals surface area (Å²) in [4.78, 5) is 15.4. The van der Waals surface area contributed by atoms with Gasteiger partial charge in [0.05, 0.1) is 11.3 Å². The first-order chi connectivity index (χ1) is 10.3. The van der Waals surface area contributed by atoms with Crippen LogP contribution in [0.15, 0.2) is 48.8 Å². The van der Waals surface area contributed by atoms with Crippen molar-refractivity contribution in [3.05, 3.63) is 59.9 Å². The standard InChI is InChI=1S/C15H9Cl3N2O2/c16-15(17,18)11-4-1-9(2-5-11)12-8-20-7-10(14(21)22)3-6-13(20)19-12/h1-8H,(H,21,22). The van der Waals surface area contributed by atoms with Gasteiger partial charge in [-0.3, -0.25) is 0 Å². The predicted molar refractivity (Wildman–Crippen MR) is 86.8 cm³/mol. The minimum Gasteiger partial charge on any atom is -0.478 e. The van der Waals surface area contributed by atoms with E-state index in [9.17, 15) is 4.79 Å². The number of halogens is 3. The summed E-state index contributed by atoms with van der Waals surface area (Å²) in [5.41, 5.74) is 2.98. The summed E-state index contributed by atoms with van der Waals surface area (Å²) in [7, 11) is 0. The van der Waals surface area contributed by atoms with Gasteiger partial charge in [0, 0.05) is 23.5 Å². The Hall–Kier alpha value is -1.75. The topological polar surface area (TPSA) is 54.6 Å². The van der Waals surface area contributed by atoms with Gasteiger partial charge in [-0.1, -0.05) is 59.1 Å². The first kappa shape index (κ1) is 15.2. The highest BCUT2D eigenvalue weighted by atomic mass is 35.6. The molecule has 1 N–H and O–H groups in total. The van der Waals surface area contributed by atoms with Crippen molar-refractivity contribution in [1.29, 1.82) is 0 Å². The Morgan fingerprint density at radius 1 is 1.05 bits per heavy atom. The average molecular weight is 356 g/mol. The number of benzene rings is 1. The fraction of sp³-hybridized carbons (Fsp3) is 0.0667. The molecular weight excluding hydrogens is 347 g/mol. The number of fused-ring (bicyclic) bond motifs is 1. The number of rotatable bonds is 2. The normalized spacial score (nSPS) is 11.8. The lowest BCUT2D eigenvalue weighted by Crippen LogP contribution is -1.98. The van der Waals surface area contributed by atoms with E-state index in [2.05, 4.69) is 4.98 Å². The third kappa shape index (κ3) is 2.90. The third-order valence-corrected chi connectivity index (χ3v) is 3.86. The smallest absolute Gasteiger partial charge is 0.337 e. The quantitative estimate of drug-likeness (QED) is 0.687. The van der Waals surface area contributed by atoms with Crippen LogP contribution in [0.1, 0.15) is 15.9 Å². The van der Waals surface area contributed by atoms with Gasteiger partial charge in [-0.15, -0.1) is 0 Å². The van der Waals surface area contributed by atoms with E-state index in [4.69, 9.17) is 39.9 Å². The van der Waals surface area contributed by atoms with Gasteiger partial charge < -0.3 is 9.51 Å². The zero-order valence-corrected chi connectivity index (χ0v) is 13.3. The highest BCUT2D eigenvalue weighted by Crippen LogP contribution is 2.38. The van der Waals surface area contributed by atoms with Crippen molar-refractivity contribution >= 4 is 46.4 Å². The van der Waals surface area contributed by atoms with Gasteiger partial charge in [-0.2, -0.15) is 0 Å². The van der Waals surface area contributed by atoms with Crippen molar-refractivity contribution in [2.45, 2.75) is 3.79 Å². The summed E-state index contributed by atoms with van der Waals surface area (Å²) < 4.78 is 0.204. The second-order valence-electron chi connectivity index (χ2n) is 4.69. The highest BCUT2D eigenvalue weighted by molar-refractivity contribution is 6.66. The largest absolute Gasteiger partial charge is 0.478 e. The van der Waals surface area contributed by atoms with E-state index in [0.717, 1.165) is 5.56 Å². The van der Waals surface area contributed by atoms with Crippen molar-refractivity contribution in [2.75, 3.05) is 0 Å². The fourth-order valence-electron chi connectivity index (χ4n) is 2.09. The molecule has 2 aromatic heterocycles. The molecule has 0 radical (unpaired) electrons. The lowest BCUT2D eigenvalue weighted by Gasteiger charge is -2.10. The molecule has 0 saturated carbocycles. The van der Waals surface area contributed by atoms with Gasteiger partial charge in [-0.25, -0.2) is 9.78 Å². The number of aromatic carboxylic acids is 1.